The quantitative estimate of drug-likeness (QED) is 0.836. The predicted octanol–water partition coefficient (Wildman–Crippen LogP) is 1.07. The van der Waals surface area contributed by atoms with Crippen molar-refractivity contribution in [1.82, 2.24) is 4.90 Å². The molecular weight excluding hydrogens is 256 g/mol. The largest absolute Gasteiger partial charge is 0.468 e. The van der Waals surface area contributed by atoms with Gasteiger partial charge in [0.2, 0.25) is 0 Å². The molecule has 4 nitrogen and oxygen atoms in total. The van der Waals surface area contributed by atoms with E-state index in [9.17, 15) is 18.7 Å². The maximum Gasteiger partial charge on any atom is 0.323 e. The smallest absolute Gasteiger partial charge is 0.323 e. The summed E-state index contributed by atoms with van der Waals surface area (Å²) in [5.74, 6) is -2.26. The fraction of sp³-hybridized carbons (Fsp3) is 0.462. The molecule has 1 aliphatic rings. The van der Waals surface area contributed by atoms with Crippen LogP contribution in [0.3, 0.4) is 0 Å². The first-order chi connectivity index (χ1) is 9.01. The van der Waals surface area contributed by atoms with Crippen molar-refractivity contribution in [2.45, 2.75) is 25.1 Å². The molecule has 1 N–H and O–H groups in total. The number of likely N-dealkylation sites (tertiary alicyclic amines) is 1. The number of carbonyl (C=O) groups excluding carboxylic acids is 1. The molecule has 0 amide bonds. The number of aliphatic hydroxyl groups excluding tert-OH is 1. The topological polar surface area (TPSA) is 49.8 Å². The Kier molecular flexibility index (Phi) is 4.11. The highest BCUT2D eigenvalue weighted by molar-refractivity contribution is 5.76. The lowest BCUT2D eigenvalue weighted by atomic mass is 10.1. The van der Waals surface area contributed by atoms with Crippen molar-refractivity contribution in [2.24, 2.45) is 0 Å². The number of rotatable bonds is 3. The molecular formula is C13H15F2NO3. The zero-order valence-electron chi connectivity index (χ0n) is 10.5. The molecule has 1 fully saturated rings. The van der Waals surface area contributed by atoms with Crippen LogP contribution in [0, 0.1) is 11.6 Å². The Morgan fingerprint density at radius 2 is 2.21 bits per heavy atom. The monoisotopic (exact) mass is 271 g/mol. The van der Waals surface area contributed by atoms with Crippen LogP contribution >= 0.6 is 0 Å². The minimum Gasteiger partial charge on any atom is -0.468 e. The number of aliphatic hydroxyl groups is 1. The average molecular weight is 271 g/mol. The molecule has 19 heavy (non-hydrogen) atoms. The van der Waals surface area contributed by atoms with Gasteiger partial charge in [-0.2, -0.15) is 0 Å². The summed E-state index contributed by atoms with van der Waals surface area (Å²) >= 11 is 0. The van der Waals surface area contributed by atoms with Gasteiger partial charge >= 0.3 is 5.97 Å². The Balaban J connectivity index is 2.12. The van der Waals surface area contributed by atoms with Gasteiger partial charge in [0.15, 0.2) is 11.6 Å². The number of carbonyl (C=O) groups is 1. The fourth-order valence-electron chi connectivity index (χ4n) is 2.31. The summed E-state index contributed by atoms with van der Waals surface area (Å²) in [6.45, 7) is 0.562. The van der Waals surface area contributed by atoms with Crippen molar-refractivity contribution in [3.8, 4) is 0 Å². The number of nitrogens with zero attached hydrogens (tertiary/aromatic N) is 1. The number of hydrogen-bond acceptors (Lipinski definition) is 4. The van der Waals surface area contributed by atoms with Gasteiger partial charge in [-0.25, -0.2) is 8.78 Å². The molecule has 104 valence electrons. The van der Waals surface area contributed by atoms with Crippen LogP contribution in [0.1, 0.15) is 12.0 Å². The summed E-state index contributed by atoms with van der Waals surface area (Å²) in [6, 6.07) is 3.05. The van der Waals surface area contributed by atoms with Crippen molar-refractivity contribution in [2.75, 3.05) is 13.7 Å². The molecule has 0 aliphatic carbocycles. The van der Waals surface area contributed by atoms with Crippen LogP contribution in [0.2, 0.25) is 0 Å². The molecule has 2 atom stereocenters. The van der Waals surface area contributed by atoms with E-state index in [0.717, 1.165) is 12.1 Å². The van der Waals surface area contributed by atoms with Gasteiger partial charge < -0.3 is 9.84 Å². The maximum absolute atomic E-state index is 13.1. The minimum atomic E-state index is -0.924. The van der Waals surface area contributed by atoms with Crippen LogP contribution in [0.4, 0.5) is 8.78 Å². The van der Waals surface area contributed by atoms with E-state index in [0.29, 0.717) is 12.1 Å². The molecule has 6 heteroatoms. The highest BCUT2D eigenvalue weighted by Crippen LogP contribution is 2.22. The van der Waals surface area contributed by atoms with E-state index in [1.807, 2.05) is 0 Å². The Morgan fingerprint density at radius 3 is 2.84 bits per heavy atom. The number of esters is 1. The number of ether oxygens (including phenoxy) is 1. The van der Waals surface area contributed by atoms with Crippen LogP contribution in [0.15, 0.2) is 18.2 Å². The van der Waals surface area contributed by atoms with E-state index in [-0.39, 0.29) is 13.0 Å². The molecule has 0 radical (unpaired) electrons. The number of halogens is 2. The highest BCUT2D eigenvalue weighted by atomic mass is 19.2. The number of methoxy groups -OCH3 is 1. The molecule has 0 spiro atoms. The summed E-state index contributed by atoms with van der Waals surface area (Å²) in [7, 11) is 1.28. The van der Waals surface area contributed by atoms with Crippen LogP contribution < -0.4 is 0 Å². The highest BCUT2D eigenvalue weighted by Gasteiger charge is 2.36. The van der Waals surface area contributed by atoms with Crippen molar-refractivity contribution >= 4 is 5.97 Å². The zero-order chi connectivity index (χ0) is 14.0. The molecule has 1 aliphatic heterocycles. The SMILES string of the molecule is COC(=O)C1CC(O)CN1Cc1ccc(F)c(F)c1. The van der Waals surface area contributed by atoms with Crippen molar-refractivity contribution < 1.29 is 23.4 Å². The minimum absolute atomic E-state index is 0.258. The van der Waals surface area contributed by atoms with Gasteiger partial charge in [0.1, 0.15) is 6.04 Å². The molecule has 2 rings (SSSR count). The standard InChI is InChI=1S/C13H15F2NO3/c1-19-13(18)12-5-9(17)7-16(12)6-8-2-3-10(14)11(15)4-8/h2-4,9,12,17H,5-7H2,1H3. The van der Waals surface area contributed by atoms with Crippen LogP contribution in [-0.2, 0) is 16.1 Å². The molecule has 1 saturated heterocycles. The lowest BCUT2D eigenvalue weighted by molar-refractivity contribution is -0.146. The first-order valence-electron chi connectivity index (χ1n) is 5.95. The first kappa shape index (κ1) is 13.9. The van der Waals surface area contributed by atoms with E-state index >= 15 is 0 Å². The third-order valence-corrected chi connectivity index (χ3v) is 3.22. The van der Waals surface area contributed by atoms with Crippen molar-refractivity contribution in [3.63, 3.8) is 0 Å². The molecule has 0 saturated carbocycles. The van der Waals surface area contributed by atoms with Crippen molar-refractivity contribution in [1.29, 1.82) is 0 Å². The molecule has 0 bridgehead atoms. The zero-order valence-corrected chi connectivity index (χ0v) is 10.5. The normalized spacial score (nSPS) is 23.6. The van der Waals surface area contributed by atoms with E-state index < -0.39 is 29.7 Å². The summed E-state index contributed by atoms with van der Waals surface area (Å²) in [4.78, 5) is 13.3. The summed E-state index contributed by atoms with van der Waals surface area (Å²) < 4.78 is 30.6. The third-order valence-electron chi connectivity index (χ3n) is 3.22. The van der Waals surface area contributed by atoms with E-state index in [2.05, 4.69) is 4.74 Å². The Bertz CT molecular complexity index is 481. The van der Waals surface area contributed by atoms with Gasteiger partial charge in [0, 0.05) is 19.5 Å². The second kappa shape index (κ2) is 5.63. The number of hydrogen-bond donors (Lipinski definition) is 1. The maximum atomic E-state index is 13.1. The fourth-order valence-corrected chi connectivity index (χ4v) is 2.31. The summed E-state index contributed by atoms with van der Waals surface area (Å²) in [5, 5.41) is 9.61. The van der Waals surface area contributed by atoms with Crippen molar-refractivity contribution in [3.05, 3.63) is 35.4 Å². The Labute approximate surface area is 109 Å². The van der Waals surface area contributed by atoms with Gasteiger partial charge in [-0.1, -0.05) is 6.07 Å². The van der Waals surface area contributed by atoms with Gasteiger partial charge in [-0.05, 0) is 17.7 Å². The number of β-amino-alcohol motifs (C(OH)–C–C–N with tert-alkyl or cyclic N) is 1. The van der Waals surface area contributed by atoms with Crippen LogP contribution in [-0.4, -0.2) is 41.8 Å². The van der Waals surface area contributed by atoms with E-state index in [4.69, 9.17) is 0 Å². The Hall–Kier alpha value is -1.53. The average Bonchev–Trinajstić information content (AvgIpc) is 2.74. The summed E-state index contributed by atoms with van der Waals surface area (Å²) in [6.07, 6.45) is -0.328. The van der Waals surface area contributed by atoms with Gasteiger partial charge in [-0.3, -0.25) is 9.69 Å². The van der Waals surface area contributed by atoms with Crippen LogP contribution in [0.5, 0.6) is 0 Å². The lowest BCUT2D eigenvalue weighted by Gasteiger charge is -2.21. The van der Waals surface area contributed by atoms with Gasteiger partial charge in [-0.15, -0.1) is 0 Å². The molecule has 0 aromatic heterocycles. The molecule has 1 heterocycles. The third kappa shape index (κ3) is 3.08. The van der Waals surface area contributed by atoms with Gasteiger partial charge in [0.05, 0.1) is 13.2 Å². The van der Waals surface area contributed by atoms with E-state index in [1.54, 1.807) is 4.90 Å². The van der Waals surface area contributed by atoms with Crippen LogP contribution in [0.25, 0.3) is 0 Å². The lowest BCUT2D eigenvalue weighted by Crippen LogP contribution is -2.36. The number of benzene rings is 1. The Morgan fingerprint density at radius 1 is 1.47 bits per heavy atom. The second-order valence-electron chi connectivity index (χ2n) is 4.61. The predicted molar refractivity (Wildman–Crippen MR) is 63.2 cm³/mol. The summed E-state index contributed by atoms with van der Waals surface area (Å²) in [5.41, 5.74) is 0.543. The van der Waals surface area contributed by atoms with Gasteiger partial charge in [0.25, 0.3) is 0 Å². The second-order valence-corrected chi connectivity index (χ2v) is 4.61. The van der Waals surface area contributed by atoms with E-state index in [1.165, 1.54) is 13.2 Å². The molecule has 2 unspecified atom stereocenters. The first-order valence-corrected chi connectivity index (χ1v) is 5.95. The molecule has 1 aromatic rings. The molecule has 1 aromatic carbocycles.